The molecule has 1 N–H and O–H groups in total. The number of fused-ring (bicyclic) bond motifs is 3. The molecular formula is C17H21N5O2S. The van der Waals surface area contributed by atoms with E-state index < -0.39 is 10.0 Å². The molecule has 0 amide bonds. The average Bonchev–Trinajstić information content (AvgIpc) is 3.10. The zero-order valence-corrected chi connectivity index (χ0v) is 15.0. The van der Waals surface area contributed by atoms with Gasteiger partial charge in [-0.3, -0.25) is 0 Å². The molecule has 1 fully saturated rings. The maximum absolute atomic E-state index is 12.5. The Bertz CT molecular complexity index is 1010. The van der Waals surface area contributed by atoms with Crippen LogP contribution in [0.1, 0.15) is 37.8 Å². The summed E-state index contributed by atoms with van der Waals surface area (Å²) in [7, 11) is -3.18. The summed E-state index contributed by atoms with van der Waals surface area (Å²) in [5.41, 5.74) is 2.53. The number of sulfonamides is 1. The number of nitrogens with one attached hydrogen (secondary N) is 1. The number of piperidine rings is 1. The van der Waals surface area contributed by atoms with Gasteiger partial charge in [-0.25, -0.2) is 27.7 Å². The standard InChI is InChI=1S/C17H21N5O2S/c1-2-8-25(23,24)22-7-3-4-12(10-22)16-15-13-5-6-18-17(13)19-9-14(15)20-11-21-16/h5-6,9,11-12H,2-4,7-8,10H2,1H3,(H,20,21). The molecule has 4 rings (SSSR count). The van der Waals surface area contributed by atoms with Crippen LogP contribution in [0.25, 0.3) is 21.9 Å². The molecule has 1 unspecified atom stereocenters. The van der Waals surface area contributed by atoms with Crippen molar-refractivity contribution in [1.82, 2.24) is 24.2 Å². The molecule has 132 valence electrons. The molecule has 0 saturated carbocycles. The molecule has 3 aromatic heterocycles. The second-order valence-corrected chi connectivity index (χ2v) is 8.62. The lowest BCUT2D eigenvalue weighted by molar-refractivity contribution is 0.313. The van der Waals surface area contributed by atoms with Crippen LogP contribution in [-0.4, -0.2) is 51.5 Å². The van der Waals surface area contributed by atoms with Crippen LogP contribution in [0.2, 0.25) is 0 Å². The van der Waals surface area contributed by atoms with Gasteiger partial charge in [-0.05, 0) is 25.3 Å². The molecular weight excluding hydrogens is 338 g/mol. The van der Waals surface area contributed by atoms with Crippen molar-refractivity contribution in [3.63, 3.8) is 0 Å². The first-order valence-corrected chi connectivity index (χ1v) is 10.3. The van der Waals surface area contributed by atoms with Gasteiger partial charge in [-0.2, -0.15) is 0 Å². The Morgan fingerprint density at radius 1 is 1.32 bits per heavy atom. The molecule has 1 saturated heterocycles. The van der Waals surface area contributed by atoms with E-state index in [9.17, 15) is 8.42 Å². The number of hydrogen-bond acceptors (Lipinski definition) is 5. The fourth-order valence-corrected chi connectivity index (χ4v) is 5.30. The molecule has 0 aromatic carbocycles. The van der Waals surface area contributed by atoms with Gasteiger partial charge in [0.1, 0.15) is 0 Å². The highest BCUT2D eigenvalue weighted by molar-refractivity contribution is 7.89. The number of hydrogen-bond donors (Lipinski definition) is 1. The van der Waals surface area contributed by atoms with E-state index >= 15 is 0 Å². The van der Waals surface area contributed by atoms with Crippen molar-refractivity contribution in [1.29, 1.82) is 0 Å². The fourth-order valence-electron chi connectivity index (χ4n) is 3.71. The van der Waals surface area contributed by atoms with Crippen LogP contribution < -0.4 is 0 Å². The molecule has 1 atom stereocenters. The number of pyridine rings is 1. The zero-order chi connectivity index (χ0) is 17.4. The first-order chi connectivity index (χ1) is 12.1. The fraction of sp³-hybridized carbons (Fsp3) is 0.471. The molecule has 3 aromatic rings. The van der Waals surface area contributed by atoms with E-state index in [0.29, 0.717) is 25.2 Å². The van der Waals surface area contributed by atoms with E-state index in [0.717, 1.165) is 34.8 Å². The summed E-state index contributed by atoms with van der Waals surface area (Å²) < 4.78 is 26.6. The third kappa shape index (κ3) is 2.89. The van der Waals surface area contributed by atoms with E-state index in [1.807, 2.05) is 13.0 Å². The topological polar surface area (TPSA) is 91.8 Å². The van der Waals surface area contributed by atoms with E-state index in [4.69, 9.17) is 0 Å². The van der Waals surface area contributed by atoms with Crippen molar-refractivity contribution in [3.8, 4) is 0 Å². The van der Waals surface area contributed by atoms with Crippen LogP contribution in [0.3, 0.4) is 0 Å². The molecule has 1 aliphatic heterocycles. The largest absolute Gasteiger partial charge is 0.349 e. The highest BCUT2D eigenvalue weighted by atomic mass is 32.2. The van der Waals surface area contributed by atoms with Gasteiger partial charge in [0.15, 0.2) is 5.65 Å². The monoisotopic (exact) mass is 359 g/mol. The SMILES string of the molecule is CCCS(=O)(=O)N1CCCC(c2[nH]cnc3cnc4nccc4c23)C1. The van der Waals surface area contributed by atoms with Crippen LogP contribution in [0, 0.1) is 0 Å². The third-order valence-electron chi connectivity index (χ3n) is 4.85. The second-order valence-electron chi connectivity index (χ2n) is 6.53. The zero-order valence-electron chi connectivity index (χ0n) is 14.1. The number of nitrogens with zero attached hydrogens (tertiary/aromatic N) is 4. The molecule has 4 heterocycles. The Morgan fingerprint density at radius 2 is 2.20 bits per heavy atom. The van der Waals surface area contributed by atoms with Crippen molar-refractivity contribution in [3.05, 3.63) is 30.5 Å². The minimum absolute atomic E-state index is 0.117. The summed E-state index contributed by atoms with van der Waals surface area (Å²) >= 11 is 0. The molecule has 0 aliphatic carbocycles. The molecule has 0 radical (unpaired) electrons. The van der Waals surface area contributed by atoms with Crippen molar-refractivity contribution in [2.45, 2.75) is 32.1 Å². The van der Waals surface area contributed by atoms with Crippen LogP contribution in [-0.2, 0) is 10.0 Å². The molecule has 0 spiro atoms. The van der Waals surface area contributed by atoms with E-state index in [-0.39, 0.29) is 11.7 Å². The first-order valence-electron chi connectivity index (χ1n) is 8.64. The van der Waals surface area contributed by atoms with Crippen molar-refractivity contribution < 1.29 is 8.42 Å². The number of aromatic amines is 1. The van der Waals surface area contributed by atoms with Gasteiger partial charge in [-0.15, -0.1) is 0 Å². The maximum atomic E-state index is 12.5. The second kappa shape index (κ2) is 6.34. The smallest absolute Gasteiger partial charge is 0.214 e. The van der Waals surface area contributed by atoms with E-state index in [2.05, 4.69) is 19.9 Å². The lowest BCUT2D eigenvalue weighted by Crippen LogP contribution is -2.40. The van der Waals surface area contributed by atoms with Crippen LogP contribution in [0.15, 0.2) is 24.8 Å². The number of H-pyrrole nitrogens is 1. The van der Waals surface area contributed by atoms with Gasteiger partial charge >= 0.3 is 0 Å². The van der Waals surface area contributed by atoms with Crippen molar-refractivity contribution in [2.75, 3.05) is 18.8 Å². The lowest BCUT2D eigenvalue weighted by Gasteiger charge is -2.32. The summed E-state index contributed by atoms with van der Waals surface area (Å²) in [5.74, 6) is 0.327. The minimum atomic E-state index is -3.18. The summed E-state index contributed by atoms with van der Waals surface area (Å²) in [5, 5.41) is 1.97. The molecule has 8 heteroatoms. The number of rotatable bonds is 4. The Balaban J connectivity index is 1.78. The molecule has 7 nitrogen and oxygen atoms in total. The Hall–Kier alpha value is -2.06. The summed E-state index contributed by atoms with van der Waals surface area (Å²) in [6.45, 7) is 3.02. The minimum Gasteiger partial charge on any atom is -0.349 e. The summed E-state index contributed by atoms with van der Waals surface area (Å²) in [6.07, 6.45) is 7.59. The predicted molar refractivity (Wildman–Crippen MR) is 96.8 cm³/mol. The molecule has 1 aliphatic rings. The average molecular weight is 359 g/mol. The maximum Gasteiger partial charge on any atom is 0.214 e. The van der Waals surface area contributed by atoms with Crippen LogP contribution >= 0.6 is 0 Å². The normalized spacial score (nSPS) is 19.6. The summed E-state index contributed by atoms with van der Waals surface area (Å²) in [4.78, 5) is 16.3. The number of aromatic nitrogens is 4. The Morgan fingerprint density at radius 3 is 3.04 bits per heavy atom. The van der Waals surface area contributed by atoms with E-state index in [1.165, 1.54) is 0 Å². The highest BCUT2D eigenvalue weighted by Crippen LogP contribution is 2.33. The van der Waals surface area contributed by atoms with Gasteiger partial charge in [-0.1, -0.05) is 6.92 Å². The van der Waals surface area contributed by atoms with Crippen molar-refractivity contribution >= 4 is 32.0 Å². The third-order valence-corrected chi connectivity index (χ3v) is 6.90. The lowest BCUT2D eigenvalue weighted by atomic mass is 9.93. The van der Waals surface area contributed by atoms with Gasteiger partial charge in [0.25, 0.3) is 0 Å². The van der Waals surface area contributed by atoms with Gasteiger partial charge in [0.05, 0.1) is 23.8 Å². The Labute approximate surface area is 146 Å². The van der Waals surface area contributed by atoms with Crippen LogP contribution in [0.4, 0.5) is 0 Å². The van der Waals surface area contributed by atoms with Crippen LogP contribution in [0.5, 0.6) is 0 Å². The van der Waals surface area contributed by atoms with Gasteiger partial charge in [0, 0.05) is 41.7 Å². The van der Waals surface area contributed by atoms with E-state index in [1.54, 1.807) is 23.0 Å². The van der Waals surface area contributed by atoms with Gasteiger partial charge < -0.3 is 4.98 Å². The van der Waals surface area contributed by atoms with Crippen molar-refractivity contribution in [2.24, 2.45) is 0 Å². The Kier molecular flexibility index (Phi) is 4.16. The predicted octanol–water partition coefficient (Wildman–Crippen LogP) is 2.43. The van der Waals surface area contributed by atoms with Gasteiger partial charge in [0.2, 0.25) is 10.0 Å². The first kappa shape index (κ1) is 16.4. The highest BCUT2D eigenvalue weighted by Gasteiger charge is 2.30. The quantitative estimate of drug-likeness (QED) is 0.772. The molecule has 0 bridgehead atoms. The molecule has 25 heavy (non-hydrogen) atoms. The summed E-state index contributed by atoms with van der Waals surface area (Å²) in [6, 6.07) is 1.94.